The first-order valence-corrected chi connectivity index (χ1v) is 14.1. The molecule has 2 fully saturated rings. The zero-order valence-electron chi connectivity index (χ0n) is 20.8. The third-order valence-electron chi connectivity index (χ3n) is 7.25. The number of para-hydroxylation sites is 1. The highest BCUT2D eigenvalue weighted by Gasteiger charge is 2.55. The summed E-state index contributed by atoms with van der Waals surface area (Å²) in [6.45, 7) is 5.22. The molecule has 2 aromatic rings. The molecule has 0 aliphatic carbocycles. The van der Waals surface area contributed by atoms with E-state index in [0.717, 1.165) is 30.0 Å². The van der Waals surface area contributed by atoms with Gasteiger partial charge in [-0.1, -0.05) is 31.5 Å². The molecule has 2 aromatic carbocycles. The number of nitrogens with zero attached hydrogens (tertiary/aromatic N) is 3. The van der Waals surface area contributed by atoms with Crippen molar-refractivity contribution in [2.24, 2.45) is 0 Å². The molecule has 10 heteroatoms. The Labute approximate surface area is 213 Å². The van der Waals surface area contributed by atoms with Gasteiger partial charge in [-0.3, -0.25) is 10.0 Å². The molecule has 2 N–H and O–H groups in total. The summed E-state index contributed by atoms with van der Waals surface area (Å²) in [7, 11) is -4.00. The van der Waals surface area contributed by atoms with E-state index < -0.39 is 20.7 Å². The van der Waals surface area contributed by atoms with Gasteiger partial charge in [0.1, 0.15) is 5.75 Å². The quantitative estimate of drug-likeness (QED) is 0.300. The normalized spacial score (nSPS) is 18.6. The number of piperidine rings is 1. The molecule has 0 spiro atoms. The van der Waals surface area contributed by atoms with Crippen LogP contribution >= 0.6 is 0 Å². The van der Waals surface area contributed by atoms with E-state index in [0.29, 0.717) is 32.8 Å². The van der Waals surface area contributed by atoms with Crippen molar-refractivity contribution in [2.45, 2.75) is 37.4 Å². The minimum absolute atomic E-state index is 0.107. The van der Waals surface area contributed by atoms with Crippen LogP contribution in [-0.4, -0.2) is 74.5 Å². The molecule has 0 saturated carbocycles. The van der Waals surface area contributed by atoms with E-state index in [1.807, 2.05) is 54.6 Å². The fraction of sp³-hybridized carbons (Fsp3) is 0.500. The Kier molecular flexibility index (Phi) is 8.38. The topological polar surface area (TPSA) is 102 Å². The van der Waals surface area contributed by atoms with Crippen LogP contribution in [0.15, 0.2) is 54.6 Å². The maximum absolute atomic E-state index is 13.8. The number of carbonyl (C=O) groups is 1. The van der Waals surface area contributed by atoms with Crippen molar-refractivity contribution in [2.75, 3.05) is 55.7 Å². The largest absolute Gasteiger partial charge is 0.494 e. The molecule has 4 rings (SSSR count). The van der Waals surface area contributed by atoms with Crippen molar-refractivity contribution in [1.82, 2.24) is 9.79 Å². The summed E-state index contributed by atoms with van der Waals surface area (Å²) in [5.74, 6) is -0.0245. The summed E-state index contributed by atoms with van der Waals surface area (Å²) in [6.07, 6.45) is 2.31. The molecule has 2 saturated heterocycles. The Morgan fingerprint density at radius 2 is 1.50 bits per heavy atom. The van der Waals surface area contributed by atoms with Gasteiger partial charge in [0.2, 0.25) is 10.0 Å². The summed E-state index contributed by atoms with van der Waals surface area (Å²) in [5, 5.41) is 9.46. The predicted octanol–water partition coefficient (Wildman–Crippen LogP) is 2.86. The molecule has 2 aliphatic heterocycles. The van der Waals surface area contributed by atoms with Crippen LogP contribution in [0.4, 0.5) is 11.4 Å². The Bertz CT molecular complexity index is 1090. The van der Waals surface area contributed by atoms with Crippen LogP contribution < -0.4 is 20.0 Å². The van der Waals surface area contributed by atoms with Crippen LogP contribution in [-0.2, 0) is 14.8 Å². The average Bonchev–Trinajstić information content (AvgIpc) is 2.93. The van der Waals surface area contributed by atoms with E-state index in [1.165, 1.54) is 4.31 Å². The Balaban J connectivity index is 1.42. The predicted molar refractivity (Wildman–Crippen MR) is 140 cm³/mol. The van der Waals surface area contributed by atoms with E-state index in [-0.39, 0.29) is 25.9 Å². The summed E-state index contributed by atoms with van der Waals surface area (Å²) in [4.78, 5) is 17.0. The van der Waals surface area contributed by atoms with Crippen LogP contribution in [0.2, 0.25) is 0 Å². The van der Waals surface area contributed by atoms with Gasteiger partial charge in [0.05, 0.1) is 6.61 Å². The van der Waals surface area contributed by atoms with Crippen LogP contribution in [0.25, 0.3) is 0 Å². The molecule has 196 valence electrons. The number of unbranched alkanes of at least 4 members (excludes halogenated alkanes) is 1. The van der Waals surface area contributed by atoms with Crippen LogP contribution in [0.5, 0.6) is 5.75 Å². The molecule has 9 nitrogen and oxygen atoms in total. The van der Waals surface area contributed by atoms with E-state index in [9.17, 15) is 18.4 Å². The number of amides is 1. The monoisotopic (exact) mass is 516 g/mol. The highest BCUT2D eigenvalue weighted by Crippen LogP contribution is 2.36. The lowest BCUT2D eigenvalue weighted by molar-refractivity contribution is -0.132. The van der Waals surface area contributed by atoms with Crippen molar-refractivity contribution in [3.63, 3.8) is 0 Å². The second kappa shape index (κ2) is 11.5. The second-order valence-corrected chi connectivity index (χ2v) is 11.6. The van der Waals surface area contributed by atoms with Crippen molar-refractivity contribution >= 4 is 27.3 Å². The number of carbonyl (C=O) groups excluding carboxylic acids is 1. The number of anilines is 2. The lowest BCUT2D eigenvalue weighted by Crippen LogP contribution is -2.63. The van der Waals surface area contributed by atoms with Crippen molar-refractivity contribution < 1.29 is 23.2 Å². The third-order valence-corrected chi connectivity index (χ3v) is 9.87. The van der Waals surface area contributed by atoms with Crippen molar-refractivity contribution in [1.29, 1.82) is 0 Å². The van der Waals surface area contributed by atoms with Gasteiger partial charge in [0, 0.05) is 50.6 Å². The van der Waals surface area contributed by atoms with Crippen LogP contribution in [0.3, 0.4) is 0 Å². The smallest absolute Gasteiger partial charge is 0.266 e. The molecular formula is C26H36N4O5S. The van der Waals surface area contributed by atoms with E-state index in [4.69, 9.17) is 4.74 Å². The number of hydroxylamine groups is 1. The highest BCUT2D eigenvalue weighted by atomic mass is 32.2. The number of hydrogen-bond acceptors (Lipinski definition) is 7. The Morgan fingerprint density at radius 3 is 2.08 bits per heavy atom. The molecule has 36 heavy (non-hydrogen) atoms. The molecule has 0 aromatic heterocycles. The van der Waals surface area contributed by atoms with E-state index in [2.05, 4.69) is 16.7 Å². The van der Waals surface area contributed by atoms with Crippen molar-refractivity contribution in [3.8, 4) is 5.75 Å². The van der Waals surface area contributed by atoms with E-state index in [1.54, 1.807) is 5.48 Å². The number of ether oxygens (including phenoxy) is 1. The first-order chi connectivity index (χ1) is 17.4. The SMILES string of the molecule is CCCCOc1ccc(N2CCN(S(=O)(=O)C3(C(=O)NO)CCN(c4ccccc4)CC3)CC2)cc1. The lowest BCUT2D eigenvalue weighted by Gasteiger charge is -2.44. The van der Waals surface area contributed by atoms with Gasteiger partial charge in [-0.2, -0.15) is 4.31 Å². The van der Waals surface area contributed by atoms with Gasteiger partial charge < -0.3 is 14.5 Å². The zero-order valence-corrected chi connectivity index (χ0v) is 21.6. The standard InChI is InChI=1S/C26H36N4O5S/c1-2-3-21-35-24-11-9-23(10-12-24)29-17-19-30(20-18-29)36(33,34)26(25(31)27-32)13-15-28(16-14-26)22-7-5-4-6-8-22/h4-12,32H,2-3,13-21H2,1H3,(H,27,31). The Hall–Kier alpha value is -2.82. The van der Waals surface area contributed by atoms with Crippen LogP contribution in [0, 0.1) is 0 Å². The van der Waals surface area contributed by atoms with Gasteiger partial charge in [-0.15, -0.1) is 0 Å². The molecule has 2 heterocycles. The molecule has 0 unspecified atom stereocenters. The summed E-state index contributed by atoms with van der Waals surface area (Å²) < 4.78 is 33.1. The number of sulfonamides is 1. The lowest BCUT2D eigenvalue weighted by atomic mass is 9.94. The zero-order chi connectivity index (χ0) is 25.6. The van der Waals surface area contributed by atoms with Gasteiger partial charge in [0.25, 0.3) is 5.91 Å². The van der Waals surface area contributed by atoms with Gasteiger partial charge >= 0.3 is 0 Å². The summed E-state index contributed by atoms with van der Waals surface area (Å²) in [5.41, 5.74) is 3.65. The van der Waals surface area contributed by atoms with Gasteiger partial charge in [0.15, 0.2) is 4.75 Å². The first kappa shape index (κ1) is 26.2. The molecule has 0 radical (unpaired) electrons. The number of hydrogen-bond donors (Lipinski definition) is 2. The second-order valence-electron chi connectivity index (χ2n) is 9.34. The fourth-order valence-corrected chi connectivity index (χ4v) is 7.11. The first-order valence-electron chi connectivity index (χ1n) is 12.6. The highest BCUT2D eigenvalue weighted by molar-refractivity contribution is 7.91. The summed E-state index contributed by atoms with van der Waals surface area (Å²) >= 11 is 0. The molecule has 0 atom stereocenters. The summed E-state index contributed by atoms with van der Waals surface area (Å²) in [6, 6.07) is 17.6. The van der Waals surface area contributed by atoms with E-state index >= 15 is 0 Å². The minimum atomic E-state index is -4.00. The Morgan fingerprint density at radius 1 is 0.917 bits per heavy atom. The number of rotatable bonds is 9. The third kappa shape index (κ3) is 5.30. The molecular weight excluding hydrogens is 480 g/mol. The molecule has 2 aliphatic rings. The van der Waals surface area contributed by atoms with Gasteiger partial charge in [-0.25, -0.2) is 13.9 Å². The average molecular weight is 517 g/mol. The van der Waals surface area contributed by atoms with Crippen LogP contribution in [0.1, 0.15) is 32.6 Å². The maximum atomic E-state index is 13.8. The number of nitrogens with one attached hydrogen (secondary N) is 1. The number of benzene rings is 2. The molecule has 0 bridgehead atoms. The number of piperazine rings is 1. The minimum Gasteiger partial charge on any atom is -0.494 e. The fourth-order valence-electron chi connectivity index (χ4n) is 4.99. The van der Waals surface area contributed by atoms with Gasteiger partial charge in [-0.05, 0) is 55.7 Å². The molecule has 1 amide bonds. The maximum Gasteiger partial charge on any atom is 0.266 e. The van der Waals surface area contributed by atoms with Crippen molar-refractivity contribution in [3.05, 3.63) is 54.6 Å².